The molecule has 18 heavy (non-hydrogen) atoms. The Hall–Kier alpha value is -0.630. The highest BCUT2D eigenvalue weighted by Crippen LogP contribution is 2.32. The molecule has 0 aliphatic heterocycles. The van der Waals surface area contributed by atoms with Gasteiger partial charge >= 0.3 is 6.18 Å². The molecule has 3 nitrogen and oxygen atoms in total. The molecule has 0 saturated heterocycles. The van der Waals surface area contributed by atoms with Crippen molar-refractivity contribution in [3.8, 4) is 0 Å². The van der Waals surface area contributed by atoms with Crippen molar-refractivity contribution < 1.29 is 17.4 Å². The summed E-state index contributed by atoms with van der Waals surface area (Å²) in [6.07, 6.45) is -1.84. The smallest absolute Gasteiger partial charge is 0.381 e. The van der Waals surface area contributed by atoms with E-state index in [-0.39, 0.29) is 11.7 Å². The quantitative estimate of drug-likeness (QED) is 0.912. The van der Waals surface area contributed by atoms with E-state index in [0.29, 0.717) is 10.2 Å². The Bertz CT molecular complexity index is 453. The number of nitrogens with one attached hydrogen (secondary N) is 1. The Morgan fingerprint density at radius 2 is 2.17 bits per heavy atom. The third-order valence-electron chi connectivity index (χ3n) is 2.03. The molecule has 1 aromatic rings. The van der Waals surface area contributed by atoms with Crippen LogP contribution in [0.3, 0.4) is 0 Å². The fourth-order valence-electron chi connectivity index (χ4n) is 1.36. The van der Waals surface area contributed by atoms with Crippen LogP contribution >= 0.6 is 15.9 Å². The Morgan fingerprint density at radius 3 is 2.67 bits per heavy atom. The lowest BCUT2D eigenvalue weighted by Gasteiger charge is -2.16. The summed E-state index contributed by atoms with van der Waals surface area (Å²) in [5, 5.41) is 2.87. The van der Waals surface area contributed by atoms with Crippen LogP contribution < -0.4 is 5.32 Å². The monoisotopic (exact) mass is 344 g/mol. The van der Waals surface area contributed by atoms with Gasteiger partial charge in [-0.2, -0.15) is 13.2 Å². The van der Waals surface area contributed by atoms with Gasteiger partial charge in [0, 0.05) is 35.0 Å². The molecule has 0 saturated carbocycles. The SMILES string of the molecule is CC(CS(C)=O)Nc1cc(C(F)(F)F)ncc1Br. The summed E-state index contributed by atoms with van der Waals surface area (Å²) in [6.45, 7) is 1.75. The van der Waals surface area contributed by atoms with Crippen LogP contribution in [0, 0.1) is 0 Å². The predicted octanol–water partition coefficient (Wildman–Crippen LogP) is 3.04. The standard InChI is InChI=1S/C10H12BrF3N2OS/c1-6(5-18(2)17)16-8-3-9(10(12,13)14)15-4-7(8)11/h3-4,6H,5H2,1-2H3,(H,15,16). The minimum absolute atomic E-state index is 0.199. The lowest BCUT2D eigenvalue weighted by molar-refractivity contribution is -0.141. The second kappa shape index (κ2) is 6.01. The lowest BCUT2D eigenvalue weighted by atomic mass is 10.3. The van der Waals surface area contributed by atoms with E-state index in [4.69, 9.17) is 0 Å². The van der Waals surface area contributed by atoms with Crippen molar-refractivity contribution in [2.45, 2.75) is 19.1 Å². The maximum absolute atomic E-state index is 12.5. The van der Waals surface area contributed by atoms with Gasteiger partial charge in [0.1, 0.15) is 5.69 Å². The lowest BCUT2D eigenvalue weighted by Crippen LogP contribution is -2.23. The van der Waals surface area contributed by atoms with Crippen LogP contribution in [0.25, 0.3) is 0 Å². The molecule has 0 amide bonds. The Morgan fingerprint density at radius 1 is 1.56 bits per heavy atom. The van der Waals surface area contributed by atoms with Crippen LogP contribution in [0.4, 0.5) is 18.9 Å². The van der Waals surface area contributed by atoms with Gasteiger partial charge in [-0.05, 0) is 28.9 Å². The van der Waals surface area contributed by atoms with E-state index in [1.807, 2.05) is 0 Å². The molecule has 1 aromatic heterocycles. The first-order valence-corrected chi connectivity index (χ1v) is 7.51. The van der Waals surface area contributed by atoms with Gasteiger partial charge in [-0.15, -0.1) is 0 Å². The number of aromatic nitrogens is 1. The summed E-state index contributed by atoms with van der Waals surface area (Å²) in [6, 6.07) is 0.731. The van der Waals surface area contributed by atoms with Gasteiger partial charge in [0.2, 0.25) is 0 Å². The highest BCUT2D eigenvalue weighted by atomic mass is 79.9. The van der Waals surface area contributed by atoms with Gasteiger partial charge in [-0.25, -0.2) is 0 Å². The third kappa shape index (κ3) is 4.56. The molecule has 0 fully saturated rings. The molecule has 1 rings (SSSR count). The van der Waals surface area contributed by atoms with Crippen molar-refractivity contribution in [2.75, 3.05) is 17.3 Å². The molecule has 8 heteroatoms. The van der Waals surface area contributed by atoms with E-state index >= 15 is 0 Å². The Kier molecular flexibility index (Phi) is 5.15. The van der Waals surface area contributed by atoms with E-state index in [9.17, 15) is 17.4 Å². The maximum Gasteiger partial charge on any atom is 0.433 e. The number of pyridine rings is 1. The van der Waals surface area contributed by atoms with Crippen molar-refractivity contribution in [3.05, 3.63) is 22.4 Å². The normalized spacial score (nSPS) is 15.2. The number of anilines is 1. The first-order chi connectivity index (χ1) is 8.20. The highest BCUT2D eigenvalue weighted by Gasteiger charge is 2.33. The van der Waals surface area contributed by atoms with Gasteiger partial charge in [0.15, 0.2) is 0 Å². The van der Waals surface area contributed by atoms with Crippen LogP contribution in [0.1, 0.15) is 12.6 Å². The summed E-state index contributed by atoms with van der Waals surface area (Å²) in [7, 11) is -1.01. The second-order valence-electron chi connectivity index (χ2n) is 3.83. The van der Waals surface area contributed by atoms with Gasteiger partial charge in [-0.1, -0.05) is 0 Å². The minimum Gasteiger partial charge on any atom is -0.381 e. The van der Waals surface area contributed by atoms with Crippen LogP contribution in [-0.2, 0) is 17.0 Å². The average molecular weight is 345 g/mol. The zero-order valence-corrected chi connectivity index (χ0v) is 12.1. The molecule has 1 N–H and O–H groups in total. The second-order valence-corrected chi connectivity index (χ2v) is 6.17. The van der Waals surface area contributed by atoms with Gasteiger partial charge in [0.05, 0.1) is 10.2 Å². The molecule has 2 unspecified atom stereocenters. The fourth-order valence-corrected chi connectivity index (χ4v) is 2.48. The van der Waals surface area contributed by atoms with Crippen molar-refractivity contribution in [3.63, 3.8) is 0 Å². The zero-order chi connectivity index (χ0) is 13.9. The minimum atomic E-state index is -4.48. The number of hydrogen-bond donors (Lipinski definition) is 1. The predicted molar refractivity (Wildman–Crippen MR) is 69.0 cm³/mol. The van der Waals surface area contributed by atoms with E-state index in [2.05, 4.69) is 26.2 Å². The molecule has 0 aliphatic carbocycles. The van der Waals surface area contributed by atoms with Crippen LogP contribution in [-0.4, -0.2) is 27.2 Å². The van der Waals surface area contributed by atoms with E-state index in [1.165, 1.54) is 0 Å². The average Bonchev–Trinajstić information content (AvgIpc) is 2.18. The first-order valence-electron chi connectivity index (χ1n) is 4.99. The molecule has 1 heterocycles. The number of rotatable bonds is 4. The van der Waals surface area contributed by atoms with Gasteiger partial charge in [-0.3, -0.25) is 9.19 Å². The van der Waals surface area contributed by atoms with Gasteiger partial charge < -0.3 is 5.32 Å². The Balaban J connectivity index is 2.91. The number of hydrogen-bond acceptors (Lipinski definition) is 3. The van der Waals surface area contributed by atoms with Gasteiger partial charge in [0.25, 0.3) is 0 Å². The molecule has 0 bridgehead atoms. The molecule has 0 radical (unpaired) electrons. The van der Waals surface area contributed by atoms with E-state index < -0.39 is 22.7 Å². The summed E-state index contributed by atoms with van der Waals surface area (Å²) in [5.74, 6) is 0.357. The molecule has 102 valence electrons. The van der Waals surface area contributed by atoms with Crippen LogP contribution in [0.15, 0.2) is 16.7 Å². The zero-order valence-electron chi connectivity index (χ0n) is 9.71. The molecular formula is C10H12BrF3N2OS. The summed E-state index contributed by atoms with van der Waals surface area (Å²) < 4.78 is 48.9. The summed E-state index contributed by atoms with van der Waals surface area (Å²) in [4.78, 5) is 3.31. The molecule has 0 aromatic carbocycles. The first kappa shape index (κ1) is 15.4. The van der Waals surface area contributed by atoms with E-state index in [0.717, 1.165) is 12.3 Å². The summed E-state index contributed by atoms with van der Waals surface area (Å²) >= 11 is 3.12. The maximum atomic E-state index is 12.5. The number of alkyl halides is 3. The Labute approximate surface area is 114 Å². The van der Waals surface area contributed by atoms with Crippen molar-refractivity contribution in [1.29, 1.82) is 0 Å². The molecular weight excluding hydrogens is 333 g/mol. The summed E-state index contributed by atoms with van der Waals surface area (Å²) in [5.41, 5.74) is -0.673. The van der Waals surface area contributed by atoms with Crippen LogP contribution in [0.5, 0.6) is 0 Å². The molecule has 0 aliphatic rings. The topological polar surface area (TPSA) is 42.0 Å². The number of halogens is 4. The van der Waals surface area contributed by atoms with Crippen molar-refractivity contribution in [1.82, 2.24) is 4.98 Å². The van der Waals surface area contributed by atoms with Crippen LogP contribution in [0.2, 0.25) is 0 Å². The highest BCUT2D eigenvalue weighted by molar-refractivity contribution is 9.10. The molecule has 0 spiro atoms. The van der Waals surface area contributed by atoms with E-state index in [1.54, 1.807) is 13.2 Å². The van der Waals surface area contributed by atoms with Crippen molar-refractivity contribution >= 4 is 32.4 Å². The largest absolute Gasteiger partial charge is 0.433 e. The third-order valence-corrected chi connectivity index (χ3v) is 3.63. The van der Waals surface area contributed by atoms with Crippen molar-refractivity contribution in [2.24, 2.45) is 0 Å². The fraction of sp³-hybridized carbons (Fsp3) is 0.500. The molecule has 2 atom stereocenters. The number of nitrogens with zero attached hydrogens (tertiary/aromatic N) is 1.